The highest BCUT2D eigenvalue weighted by atomic mass is 32.2. The summed E-state index contributed by atoms with van der Waals surface area (Å²) >= 11 is 0. The molecule has 0 amide bonds. The fourth-order valence-corrected chi connectivity index (χ4v) is 3.52. The van der Waals surface area contributed by atoms with Crippen molar-refractivity contribution < 1.29 is 8.42 Å². The van der Waals surface area contributed by atoms with Crippen molar-refractivity contribution >= 4 is 15.9 Å². The topological polar surface area (TPSA) is 96.0 Å². The van der Waals surface area contributed by atoms with Crippen LogP contribution in [0.2, 0.25) is 0 Å². The summed E-state index contributed by atoms with van der Waals surface area (Å²) in [6, 6.07) is 0. The molecule has 6 heteroatoms. The van der Waals surface area contributed by atoms with Gasteiger partial charge in [0.15, 0.2) is 0 Å². The van der Waals surface area contributed by atoms with Crippen LogP contribution >= 0.6 is 0 Å². The molecule has 0 aliphatic heterocycles. The quantitative estimate of drug-likeness (QED) is 0.495. The minimum absolute atomic E-state index is 0.0198. The minimum Gasteiger partial charge on any atom is -0.387 e. The van der Waals surface area contributed by atoms with Gasteiger partial charge in [0.2, 0.25) is 10.0 Å². The second-order valence-corrected chi connectivity index (χ2v) is 6.56. The van der Waals surface area contributed by atoms with E-state index in [-0.39, 0.29) is 23.5 Å². The molecule has 1 unspecified atom stereocenters. The van der Waals surface area contributed by atoms with E-state index in [1.807, 2.05) is 0 Å². The predicted octanol–water partition coefficient (Wildman–Crippen LogP) is 0.811. The second-order valence-electron chi connectivity index (χ2n) is 4.51. The van der Waals surface area contributed by atoms with Crippen molar-refractivity contribution in [1.29, 1.82) is 5.41 Å². The zero-order valence-corrected chi connectivity index (χ0v) is 10.5. The molecule has 0 radical (unpaired) electrons. The zero-order valence-electron chi connectivity index (χ0n) is 9.70. The van der Waals surface area contributed by atoms with Crippen LogP contribution in [0.5, 0.6) is 0 Å². The van der Waals surface area contributed by atoms with Crippen molar-refractivity contribution in [3.05, 3.63) is 0 Å². The van der Waals surface area contributed by atoms with Crippen LogP contribution in [0.1, 0.15) is 39.0 Å². The molecule has 0 bridgehead atoms. The lowest BCUT2D eigenvalue weighted by molar-refractivity contribution is 0.476. The van der Waals surface area contributed by atoms with Gasteiger partial charge in [0.05, 0.1) is 11.1 Å². The van der Waals surface area contributed by atoms with Crippen molar-refractivity contribution in [2.75, 3.05) is 6.54 Å². The van der Waals surface area contributed by atoms with Gasteiger partial charge in [-0.2, -0.15) is 0 Å². The lowest BCUT2D eigenvalue weighted by Gasteiger charge is -2.22. The van der Waals surface area contributed by atoms with Crippen molar-refractivity contribution in [3.63, 3.8) is 0 Å². The summed E-state index contributed by atoms with van der Waals surface area (Å²) in [7, 11) is -3.21. The summed E-state index contributed by atoms with van der Waals surface area (Å²) < 4.78 is 26.3. The van der Waals surface area contributed by atoms with E-state index in [4.69, 9.17) is 11.1 Å². The summed E-state index contributed by atoms with van der Waals surface area (Å²) in [4.78, 5) is 0. The Morgan fingerprint density at radius 2 is 2.00 bits per heavy atom. The largest absolute Gasteiger partial charge is 0.387 e. The molecule has 1 aliphatic rings. The first-order valence-corrected chi connectivity index (χ1v) is 7.30. The highest BCUT2D eigenvalue weighted by molar-refractivity contribution is 7.90. The van der Waals surface area contributed by atoms with E-state index < -0.39 is 10.0 Å². The Labute approximate surface area is 97.4 Å². The van der Waals surface area contributed by atoms with Crippen LogP contribution < -0.4 is 10.5 Å². The Morgan fingerprint density at radius 1 is 1.44 bits per heavy atom. The zero-order chi connectivity index (χ0) is 12.2. The Hall–Kier alpha value is -0.620. The Bertz CT molecular complexity index is 334. The molecular formula is C10H21N3O2S. The SMILES string of the molecule is CC(CNS(=O)(=O)C1CCCCC1)C(=N)N. The Balaban J connectivity index is 2.47. The fourth-order valence-electron chi connectivity index (χ4n) is 1.84. The van der Waals surface area contributed by atoms with Crippen molar-refractivity contribution in [2.24, 2.45) is 11.7 Å². The van der Waals surface area contributed by atoms with Gasteiger partial charge in [0.1, 0.15) is 0 Å². The van der Waals surface area contributed by atoms with Gasteiger partial charge in [-0.25, -0.2) is 13.1 Å². The highest BCUT2D eigenvalue weighted by Gasteiger charge is 2.27. The molecule has 0 heterocycles. The number of nitrogens with two attached hydrogens (primary N) is 1. The molecule has 0 saturated heterocycles. The molecule has 1 rings (SSSR count). The van der Waals surface area contributed by atoms with Crippen molar-refractivity contribution in [3.8, 4) is 0 Å². The van der Waals surface area contributed by atoms with Crippen LogP contribution in [-0.2, 0) is 10.0 Å². The maximum atomic E-state index is 11.9. The van der Waals surface area contributed by atoms with E-state index >= 15 is 0 Å². The minimum atomic E-state index is -3.21. The summed E-state index contributed by atoms with van der Waals surface area (Å²) in [6.07, 6.45) is 4.63. The van der Waals surface area contributed by atoms with Gasteiger partial charge < -0.3 is 5.73 Å². The molecule has 1 saturated carbocycles. The number of rotatable bonds is 5. The third-order valence-electron chi connectivity index (χ3n) is 3.11. The number of hydrogen-bond acceptors (Lipinski definition) is 3. The molecule has 16 heavy (non-hydrogen) atoms. The lowest BCUT2D eigenvalue weighted by Crippen LogP contribution is -2.40. The molecular weight excluding hydrogens is 226 g/mol. The molecule has 0 spiro atoms. The van der Waals surface area contributed by atoms with E-state index in [1.165, 1.54) is 0 Å². The lowest BCUT2D eigenvalue weighted by atomic mass is 10.0. The normalized spacial score (nSPS) is 20.6. The molecule has 94 valence electrons. The van der Waals surface area contributed by atoms with Gasteiger partial charge in [0.25, 0.3) is 0 Å². The number of hydrogen-bond donors (Lipinski definition) is 3. The number of amidine groups is 1. The first-order valence-electron chi connectivity index (χ1n) is 5.76. The van der Waals surface area contributed by atoms with E-state index in [0.717, 1.165) is 32.1 Å². The van der Waals surface area contributed by atoms with E-state index in [9.17, 15) is 8.42 Å². The smallest absolute Gasteiger partial charge is 0.214 e. The number of sulfonamides is 1. The van der Waals surface area contributed by atoms with Gasteiger partial charge in [0, 0.05) is 12.5 Å². The van der Waals surface area contributed by atoms with Gasteiger partial charge in [-0.1, -0.05) is 26.2 Å². The van der Waals surface area contributed by atoms with Crippen LogP contribution in [0.4, 0.5) is 0 Å². The summed E-state index contributed by atoms with van der Waals surface area (Å²) in [5.41, 5.74) is 5.29. The molecule has 1 aliphatic carbocycles. The van der Waals surface area contributed by atoms with Gasteiger partial charge >= 0.3 is 0 Å². The average molecular weight is 247 g/mol. The molecule has 1 fully saturated rings. The molecule has 0 aromatic rings. The van der Waals surface area contributed by atoms with Crippen LogP contribution in [0, 0.1) is 11.3 Å². The molecule has 4 N–H and O–H groups in total. The van der Waals surface area contributed by atoms with Crippen LogP contribution in [0.15, 0.2) is 0 Å². The summed E-state index contributed by atoms with van der Waals surface area (Å²) in [5.74, 6) is -0.218. The Kier molecular flexibility index (Phi) is 4.73. The monoisotopic (exact) mass is 247 g/mol. The van der Waals surface area contributed by atoms with Gasteiger partial charge in [-0.3, -0.25) is 5.41 Å². The van der Waals surface area contributed by atoms with Crippen molar-refractivity contribution in [1.82, 2.24) is 4.72 Å². The fraction of sp³-hybridized carbons (Fsp3) is 0.900. The third-order valence-corrected chi connectivity index (χ3v) is 5.03. The highest BCUT2D eigenvalue weighted by Crippen LogP contribution is 2.22. The average Bonchev–Trinajstić information content (AvgIpc) is 2.27. The predicted molar refractivity (Wildman–Crippen MR) is 64.9 cm³/mol. The summed E-state index contributed by atoms with van der Waals surface area (Å²) in [6.45, 7) is 1.97. The van der Waals surface area contributed by atoms with Gasteiger partial charge in [-0.05, 0) is 12.8 Å². The molecule has 0 aromatic carbocycles. The first kappa shape index (κ1) is 13.4. The number of nitrogens with one attached hydrogen (secondary N) is 2. The second kappa shape index (κ2) is 5.63. The molecule has 5 nitrogen and oxygen atoms in total. The van der Waals surface area contributed by atoms with Crippen LogP contribution in [0.25, 0.3) is 0 Å². The van der Waals surface area contributed by atoms with Crippen LogP contribution in [0.3, 0.4) is 0 Å². The van der Waals surface area contributed by atoms with Crippen molar-refractivity contribution in [2.45, 2.75) is 44.3 Å². The van der Waals surface area contributed by atoms with E-state index in [0.29, 0.717) is 0 Å². The molecule has 0 aromatic heterocycles. The standard InChI is InChI=1S/C10H21N3O2S/c1-8(10(11)12)7-13-16(14,15)9-5-3-2-4-6-9/h8-9,13H,2-7H2,1H3,(H3,11,12). The van der Waals surface area contributed by atoms with E-state index in [1.54, 1.807) is 6.92 Å². The van der Waals surface area contributed by atoms with Gasteiger partial charge in [-0.15, -0.1) is 0 Å². The Morgan fingerprint density at radius 3 is 2.50 bits per heavy atom. The van der Waals surface area contributed by atoms with Crippen LogP contribution in [-0.4, -0.2) is 26.0 Å². The third kappa shape index (κ3) is 3.75. The van der Waals surface area contributed by atoms with E-state index in [2.05, 4.69) is 4.72 Å². The molecule has 1 atom stereocenters. The maximum absolute atomic E-state index is 11.9. The summed E-state index contributed by atoms with van der Waals surface area (Å²) in [5, 5.41) is 6.95. The first-order chi connectivity index (χ1) is 7.43. The maximum Gasteiger partial charge on any atom is 0.214 e.